The molecular formula is C13H14BrN3O. The van der Waals surface area contributed by atoms with Crippen molar-refractivity contribution in [1.29, 1.82) is 0 Å². The maximum Gasteiger partial charge on any atom is 0.259 e. The van der Waals surface area contributed by atoms with Gasteiger partial charge in [0.2, 0.25) is 0 Å². The zero-order valence-electron chi connectivity index (χ0n) is 9.90. The van der Waals surface area contributed by atoms with Crippen LogP contribution in [-0.4, -0.2) is 23.2 Å². The molecule has 0 amide bonds. The molecule has 1 aliphatic heterocycles. The lowest BCUT2D eigenvalue weighted by atomic mass is 9.99. The molecule has 1 fully saturated rings. The number of nitrogens with zero attached hydrogens (tertiary/aromatic N) is 2. The zero-order chi connectivity index (χ0) is 12.4. The van der Waals surface area contributed by atoms with Gasteiger partial charge in [0.15, 0.2) is 5.82 Å². The standard InChI is InChI=1S/C13H14BrN3O/c14-11-6-2-1-5-10(11)13-16-12(17-18-13)9-4-3-7-15-8-9/h1-2,5-6,9,15H,3-4,7-8H2. The van der Waals surface area contributed by atoms with Gasteiger partial charge in [-0.25, -0.2) is 0 Å². The second-order valence-electron chi connectivity index (χ2n) is 4.48. The molecule has 1 saturated heterocycles. The lowest BCUT2D eigenvalue weighted by Gasteiger charge is -2.19. The van der Waals surface area contributed by atoms with Crippen LogP contribution in [0.5, 0.6) is 0 Å². The highest BCUT2D eigenvalue weighted by molar-refractivity contribution is 9.10. The number of piperidine rings is 1. The van der Waals surface area contributed by atoms with Gasteiger partial charge in [0, 0.05) is 16.9 Å². The van der Waals surface area contributed by atoms with E-state index in [1.807, 2.05) is 24.3 Å². The quantitative estimate of drug-likeness (QED) is 0.926. The summed E-state index contributed by atoms with van der Waals surface area (Å²) >= 11 is 3.50. The molecule has 18 heavy (non-hydrogen) atoms. The van der Waals surface area contributed by atoms with Gasteiger partial charge >= 0.3 is 0 Å². The Labute approximate surface area is 114 Å². The molecular weight excluding hydrogens is 294 g/mol. The van der Waals surface area contributed by atoms with Crippen LogP contribution in [-0.2, 0) is 0 Å². The van der Waals surface area contributed by atoms with E-state index in [9.17, 15) is 0 Å². The molecule has 5 heteroatoms. The van der Waals surface area contributed by atoms with E-state index in [-0.39, 0.29) is 0 Å². The molecule has 94 valence electrons. The van der Waals surface area contributed by atoms with E-state index < -0.39 is 0 Å². The van der Waals surface area contributed by atoms with Crippen molar-refractivity contribution in [3.05, 3.63) is 34.6 Å². The van der Waals surface area contributed by atoms with E-state index >= 15 is 0 Å². The van der Waals surface area contributed by atoms with Gasteiger partial charge in [-0.05, 0) is 47.4 Å². The van der Waals surface area contributed by atoms with Crippen molar-refractivity contribution >= 4 is 15.9 Å². The van der Waals surface area contributed by atoms with Crippen molar-refractivity contribution in [2.45, 2.75) is 18.8 Å². The molecule has 1 aliphatic rings. The summed E-state index contributed by atoms with van der Waals surface area (Å²) in [6, 6.07) is 7.88. The first kappa shape index (κ1) is 11.9. The molecule has 2 heterocycles. The minimum absolute atomic E-state index is 0.374. The molecule has 1 N–H and O–H groups in total. The average molecular weight is 308 g/mol. The predicted octanol–water partition coefficient (Wildman–Crippen LogP) is 2.97. The first-order valence-corrected chi connectivity index (χ1v) is 6.93. The molecule has 4 nitrogen and oxygen atoms in total. The van der Waals surface area contributed by atoms with Gasteiger partial charge in [-0.1, -0.05) is 17.3 Å². The van der Waals surface area contributed by atoms with Crippen LogP contribution in [0.4, 0.5) is 0 Å². The Morgan fingerprint density at radius 2 is 2.22 bits per heavy atom. The molecule has 1 unspecified atom stereocenters. The van der Waals surface area contributed by atoms with Crippen LogP contribution < -0.4 is 5.32 Å². The summed E-state index contributed by atoms with van der Waals surface area (Å²) in [6.45, 7) is 2.03. The van der Waals surface area contributed by atoms with Gasteiger partial charge in [-0.15, -0.1) is 0 Å². The number of rotatable bonds is 2. The third-order valence-corrected chi connectivity index (χ3v) is 3.90. The Kier molecular flexibility index (Phi) is 3.43. The number of nitrogens with one attached hydrogen (secondary N) is 1. The van der Waals surface area contributed by atoms with Gasteiger partial charge in [-0.2, -0.15) is 4.98 Å². The predicted molar refractivity (Wildman–Crippen MR) is 72.3 cm³/mol. The second-order valence-corrected chi connectivity index (χ2v) is 5.34. The molecule has 3 rings (SSSR count). The van der Waals surface area contributed by atoms with Gasteiger partial charge in [0.05, 0.1) is 5.56 Å². The molecule has 0 saturated carbocycles. The second kappa shape index (κ2) is 5.20. The summed E-state index contributed by atoms with van der Waals surface area (Å²) in [5.41, 5.74) is 0.944. The van der Waals surface area contributed by atoms with Crippen molar-refractivity contribution in [2.24, 2.45) is 0 Å². The zero-order valence-corrected chi connectivity index (χ0v) is 11.5. The monoisotopic (exact) mass is 307 g/mol. The highest BCUT2D eigenvalue weighted by atomic mass is 79.9. The summed E-state index contributed by atoms with van der Waals surface area (Å²) in [7, 11) is 0. The third-order valence-electron chi connectivity index (χ3n) is 3.21. The van der Waals surface area contributed by atoms with Crippen molar-refractivity contribution in [1.82, 2.24) is 15.5 Å². The lowest BCUT2D eigenvalue weighted by molar-refractivity contribution is 0.393. The average Bonchev–Trinajstić information content (AvgIpc) is 2.90. The van der Waals surface area contributed by atoms with Crippen molar-refractivity contribution in [3.63, 3.8) is 0 Å². The largest absolute Gasteiger partial charge is 0.334 e. The number of hydrogen-bond acceptors (Lipinski definition) is 4. The van der Waals surface area contributed by atoms with E-state index in [0.29, 0.717) is 11.8 Å². The summed E-state index contributed by atoms with van der Waals surface area (Å²) in [5.74, 6) is 1.77. The van der Waals surface area contributed by atoms with Crippen LogP contribution in [0.3, 0.4) is 0 Å². The molecule has 0 radical (unpaired) electrons. The molecule has 0 spiro atoms. The van der Waals surface area contributed by atoms with Gasteiger partial charge in [-0.3, -0.25) is 0 Å². The van der Waals surface area contributed by atoms with Crippen LogP contribution in [0, 0.1) is 0 Å². The fourth-order valence-corrected chi connectivity index (χ4v) is 2.67. The van der Waals surface area contributed by atoms with Crippen LogP contribution >= 0.6 is 15.9 Å². The Balaban J connectivity index is 1.87. The first-order chi connectivity index (χ1) is 8.84. The fraction of sp³-hybridized carbons (Fsp3) is 0.385. The Morgan fingerprint density at radius 1 is 1.33 bits per heavy atom. The van der Waals surface area contributed by atoms with E-state index in [4.69, 9.17) is 4.52 Å². The molecule has 2 aromatic rings. The van der Waals surface area contributed by atoms with Crippen molar-refractivity contribution in [3.8, 4) is 11.5 Å². The van der Waals surface area contributed by atoms with Crippen LogP contribution in [0.25, 0.3) is 11.5 Å². The summed E-state index contributed by atoms with van der Waals surface area (Å²) in [4.78, 5) is 4.52. The molecule has 0 bridgehead atoms. The van der Waals surface area contributed by atoms with Crippen molar-refractivity contribution < 1.29 is 4.52 Å². The molecule has 0 aliphatic carbocycles. The first-order valence-electron chi connectivity index (χ1n) is 6.14. The minimum atomic E-state index is 0.374. The Bertz CT molecular complexity index is 535. The van der Waals surface area contributed by atoms with E-state index in [1.54, 1.807) is 0 Å². The normalized spacial score (nSPS) is 19.9. The van der Waals surface area contributed by atoms with E-state index in [2.05, 4.69) is 31.4 Å². The van der Waals surface area contributed by atoms with Gasteiger partial charge in [0.25, 0.3) is 5.89 Å². The number of halogens is 1. The Hall–Kier alpha value is -1.20. The smallest absolute Gasteiger partial charge is 0.259 e. The van der Waals surface area contributed by atoms with Crippen LogP contribution in [0.2, 0.25) is 0 Å². The third kappa shape index (κ3) is 2.33. The lowest BCUT2D eigenvalue weighted by Crippen LogP contribution is -2.28. The Morgan fingerprint density at radius 3 is 3.00 bits per heavy atom. The van der Waals surface area contributed by atoms with E-state index in [0.717, 1.165) is 35.4 Å². The molecule has 1 aromatic heterocycles. The van der Waals surface area contributed by atoms with Crippen LogP contribution in [0.15, 0.2) is 33.3 Å². The van der Waals surface area contributed by atoms with Crippen LogP contribution in [0.1, 0.15) is 24.6 Å². The van der Waals surface area contributed by atoms with Crippen molar-refractivity contribution in [2.75, 3.05) is 13.1 Å². The topological polar surface area (TPSA) is 51.0 Å². The summed E-state index contributed by atoms with van der Waals surface area (Å²) in [5, 5.41) is 7.47. The number of benzene rings is 1. The number of hydrogen-bond donors (Lipinski definition) is 1. The molecule has 1 aromatic carbocycles. The summed E-state index contributed by atoms with van der Waals surface area (Å²) in [6.07, 6.45) is 2.30. The highest BCUT2D eigenvalue weighted by Crippen LogP contribution is 2.28. The maximum absolute atomic E-state index is 5.37. The fourth-order valence-electron chi connectivity index (χ4n) is 2.22. The van der Waals surface area contributed by atoms with Gasteiger partial charge in [0.1, 0.15) is 0 Å². The number of aromatic nitrogens is 2. The van der Waals surface area contributed by atoms with Gasteiger partial charge < -0.3 is 9.84 Å². The highest BCUT2D eigenvalue weighted by Gasteiger charge is 2.21. The SMILES string of the molecule is Brc1ccccc1-c1nc(C2CCCNC2)no1. The van der Waals surface area contributed by atoms with E-state index in [1.165, 1.54) is 6.42 Å². The minimum Gasteiger partial charge on any atom is -0.334 e. The summed E-state index contributed by atoms with van der Waals surface area (Å²) < 4.78 is 6.34. The molecule has 1 atom stereocenters. The maximum atomic E-state index is 5.37.